The zero-order valence-electron chi connectivity index (χ0n) is 18.8. The minimum absolute atomic E-state index is 0.0649. The Morgan fingerprint density at radius 2 is 1.71 bits per heavy atom. The van der Waals surface area contributed by atoms with E-state index in [9.17, 15) is 26.7 Å². The maximum Gasteiger partial charge on any atom is 0.490 e. The average Bonchev–Trinajstić information content (AvgIpc) is 3.27. The lowest BCUT2D eigenvalue weighted by Crippen LogP contribution is -2.37. The summed E-state index contributed by atoms with van der Waals surface area (Å²) in [6.45, 7) is 2.31. The van der Waals surface area contributed by atoms with Crippen molar-refractivity contribution in [3.63, 3.8) is 0 Å². The summed E-state index contributed by atoms with van der Waals surface area (Å²) in [5.41, 5.74) is 2.72. The molecule has 0 bridgehead atoms. The predicted octanol–water partition coefficient (Wildman–Crippen LogP) is 3.71. The highest BCUT2D eigenvalue weighted by Crippen LogP contribution is 2.35. The third kappa shape index (κ3) is 6.55. The minimum atomic E-state index is -5.08. The highest BCUT2D eigenvalue weighted by atomic mass is 19.4. The fourth-order valence-corrected chi connectivity index (χ4v) is 4.19. The molecule has 0 radical (unpaired) electrons. The van der Waals surface area contributed by atoms with Crippen LogP contribution in [-0.4, -0.2) is 63.3 Å². The molecule has 2 aliphatic heterocycles. The molecule has 2 atom stereocenters. The molecule has 2 aromatic rings. The second kappa shape index (κ2) is 10.4. The summed E-state index contributed by atoms with van der Waals surface area (Å²) in [4.78, 5) is 34.7. The van der Waals surface area contributed by atoms with Gasteiger partial charge in [0.15, 0.2) is 0 Å². The number of benzene rings is 1. The second-order valence-electron chi connectivity index (χ2n) is 8.12. The molecule has 2 fully saturated rings. The van der Waals surface area contributed by atoms with Crippen LogP contribution in [0, 0.1) is 13.8 Å². The van der Waals surface area contributed by atoms with Gasteiger partial charge in [0.25, 0.3) is 0 Å². The number of aromatic nitrogens is 2. The first kappa shape index (κ1) is 26.1. The first-order valence-electron chi connectivity index (χ1n) is 10.6. The number of aliphatic carboxylic acids is 1. The topological polar surface area (TPSA) is 95.9 Å². The van der Waals surface area contributed by atoms with Crippen molar-refractivity contribution in [1.82, 2.24) is 14.9 Å². The smallest absolute Gasteiger partial charge is 0.475 e. The van der Waals surface area contributed by atoms with Gasteiger partial charge in [-0.1, -0.05) is 12.1 Å². The number of carbonyl (C=O) groups excluding carboxylic acids is 1. The summed E-state index contributed by atoms with van der Waals surface area (Å²) in [6.07, 6.45) is -3.78. The summed E-state index contributed by atoms with van der Waals surface area (Å²) in [5, 5.41) is 7.12. The monoisotopic (exact) mass is 502 g/mol. The lowest BCUT2D eigenvalue weighted by atomic mass is 10.1. The maximum atomic E-state index is 12.7. The van der Waals surface area contributed by atoms with Crippen LogP contribution >= 0.6 is 0 Å². The Kier molecular flexibility index (Phi) is 7.76. The number of rotatable bonds is 5. The normalized spacial score (nSPS) is 19.5. The molecule has 4 rings (SSSR count). The Morgan fingerprint density at radius 1 is 1.14 bits per heavy atom. The number of halogens is 5. The van der Waals surface area contributed by atoms with Gasteiger partial charge in [-0.25, -0.2) is 14.8 Å². The van der Waals surface area contributed by atoms with Crippen molar-refractivity contribution in [2.75, 3.05) is 11.4 Å². The van der Waals surface area contributed by atoms with E-state index in [1.807, 2.05) is 24.8 Å². The molecule has 35 heavy (non-hydrogen) atoms. The Bertz CT molecular complexity index is 1040. The third-order valence-electron chi connectivity index (χ3n) is 5.59. The molecule has 1 N–H and O–H groups in total. The molecule has 0 unspecified atom stereocenters. The number of ether oxygens (including phenoxy) is 1. The van der Waals surface area contributed by atoms with Gasteiger partial charge in [-0.2, -0.15) is 22.0 Å². The zero-order chi connectivity index (χ0) is 25.9. The van der Waals surface area contributed by atoms with Crippen LogP contribution in [0.25, 0.3) is 0 Å². The van der Waals surface area contributed by atoms with Gasteiger partial charge in [-0.3, -0.25) is 4.79 Å². The summed E-state index contributed by atoms with van der Waals surface area (Å²) in [5.74, 6) is -1.86. The molecule has 0 aliphatic carbocycles. The van der Waals surface area contributed by atoms with Gasteiger partial charge in [-0.15, -0.1) is 0 Å². The van der Waals surface area contributed by atoms with Crippen LogP contribution in [0.5, 0.6) is 5.75 Å². The number of hydrogen-bond acceptors (Lipinski definition) is 6. The highest BCUT2D eigenvalue weighted by molar-refractivity contribution is 5.81. The summed E-state index contributed by atoms with van der Waals surface area (Å²) >= 11 is 0. The van der Waals surface area contributed by atoms with Gasteiger partial charge in [0.05, 0.1) is 12.1 Å². The lowest BCUT2D eigenvalue weighted by molar-refractivity contribution is -0.192. The van der Waals surface area contributed by atoms with Gasteiger partial charge in [0.1, 0.15) is 5.75 Å². The number of fused-ring (bicyclic) bond motifs is 1. The van der Waals surface area contributed by atoms with Crippen LogP contribution < -0.4 is 9.64 Å². The molecule has 190 valence electrons. The van der Waals surface area contributed by atoms with Crippen LogP contribution in [0.15, 0.2) is 30.3 Å². The van der Waals surface area contributed by atoms with E-state index < -0.39 is 18.8 Å². The molecule has 2 aliphatic rings. The van der Waals surface area contributed by atoms with Gasteiger partial charge < -0.3 is 19.6 Å². The molecule has 1 amide bonds. The molecule has 0 saturated carbocycles. The number of carboxylic acids is 1. The first-order chi connectivity index (χ1) is 16.3. The quantitative estimate of drug-likeness (QED) is 0.623. The van der Waals surface area contributed by atoms with Crippen LogP contribution in [0.4, 0.5) is 27.9 Å². The molecular formula is C22H23F5N4O4. The van der Waals surface area contributed by atoms with Crippen LogP contribution in [-0.2, 0) is 16.1 Å². The van der Waals surface area contributed by atoms with Crippen molar-refractivity contribution in [3.8, 4) is 5.75 Å². The number of carbonyl (C=O) groups is 2. The van der Waals surface area contributed by atoms with E-state index in [0.29, 0.717) is 18.9 Å². The molecule has 1 aromatic carbocycles. The van der Waals surface area contributed by atoms with Crippen molar-refractivity contribution >= 4 is 17.8 Å². The number of anilines is 1. The van der Waals surface area contributed by atoms with Crippen LogP contribution in [0.3, 0.4) is 0 Å². The molecule has 1 aromatic heterocycles. The van der Waals surface area contributed by atoms with E-state index >= 15 is 0 Å². The third-order valence-corrected chi connectivity index (χ3v) is 5.59. The van der Waals surface area contributed by atoms with Crippen LogP contribution in [0.2, 0.25) is 0 Å². The number of aryl methyl sites for hydroxylation is 2. The van der Waals surface area contributed by atoms with Crippen molar-refractivity contribution < 1.29 is 41.4 Å². The first-order valence-corrected chi connectivity index (χ1v) is 10.6. The number of carboxylic acid groups (broad SMARTS) is 1. The molecule has 3 heterocycles. The number of hydrogen-bond donors (Lipinski definition) is 1. The van der Waals surface area contributed by atoms with Gasteiger partial charge >= 0.3 is 18.8 Å². The zero-order valence-corrected chi connectivity index (χ0v) is 18.8. The molecule has 13 heteroatoms. The van der Waals surface area contributed by atoms with Gasteiger partial charge in [0, 0.05) is 30.9 Å². The predicted molar refractivity (Wildman–Crippen MR) is 113 cm³/mol. The molecule has 2 saturated heterocycles. The molecular weight excluding hydrogens is 479 g/mol. The summed E-state index contributed by atoms with van der Waals surface area (Å²) in [7, 11) is 0. The van der Waals surface area contributed by atoms with E-state index in [4.69, 9.17) is 9.90 Å². The Labute approximate surface area is 197 Å². The van der Waals surface area contributed by atoms with E-state index in [-0.39, 0.29) is 23.7 Å². The molecule has 0 spiro atoms. The maximum absolute atomic E-state index is 12.7. The highest BCUT2D eigenvalue weighted by Gasteiger charge is 2.47. The van der Waals surface area contributed by atoms with Gasteiger partial charge in [0.2, 0.25) is 11.9 Å². The Hall–Kier alpha value is -3.51. The van der Waals surface area contributed by atoms with Crippen LogP contribution in [0.1, 0.15) is 29.8 Å². The molecule has 8 nitrogen and oxygen atoms in total. The van der Waals surface area contributed by atoms with E-state index in [2.05, 4.69) is 19.6 Å². The number of alkyl halides is 5. The second-order valence-corrected chi connectivity index (χ2v) is 8.12. The number of likely N-dealkylation sites (tertiary alicyclic amines) is 1. The summed E-state index contributed by atoms with van der Waals surface area (Å²) in [6, 6.07) is 8.55. The Morgan fingerprint density at radius 3 is 2.23 bits per heavy atom. The van der Waals surface area contributed by atoms with E-state index in [0.717, 1.165) is 29.9 Å². The van der Waals surface area contributed by atoms with Crippen molar-refractivity contribution in [1.29, 1.82) is 0 Å². The number of amides is 1. The van der Waals surface area contributed by atoms with Crippen molar-refractivity contribution in [3.05, 3.63) is 47.3 Å². The SMILES string of the molecule is Cc1cc(C)nc(N2CC[C@H]3[C@@H]2CC(=O)N3Cc2ccc(OC(F)F)cc2)n1.O=C(O)C(F)(F)F. The fourth-order valence-electron chi connectivity index (χ4n) is 4.19. The minimum Gasteiger partial charge on any atom is -0.475 e. The Balaban J connectivity index is 0.000000429. The van der Waals surface area contributed by atoms with E-state index in [1.54, 1.807) is 12.1 Å². The van der Waals surface area contributed by atoms with Gasteiger partial charge in [-0.05, 0) is 44.0 Å². The summed E-state index contributed by atoms with van der Waals surface area (Å²) < 4.78 is 60.7. The number of nitrogens with zero attached hydrogens (tertiary/aromatic N) is 4. The largest absolute Gasteiger partial charge is 0.490 e. The van der Waals surface area contributed by atoms with E-state index in [1.165, 1.54) is 12.1 Å². The standard InChI is InChI=1S/C20H22F2N4O2.C2HF3O2/c1-12-9-13(2)24-20(23-12)25-8-7-16-17(25)10-18(27)26(16)11-14-3-5-15(6-4-14)28-19(21)22;3-2(4,5)1(6)7/h3-6,9,16-17,19H,7-8,10-11H2,1-2H3;(H,6,7)/t16-,17-;/m0./s1. The van der Waals surface area contributed by atoms with Crippen molar-refractivity contribution in [2.24, 2.45) is 0 Å². The lowest BCUT2D eigenvalue weighted by Gasteiger charge is -2.25. The fraction of sp³-hybridized carbons (Fsp3) is 0.455. The van der Waals surface area contributed by atoms with Crippen molar-refractivity contribution in [2.45, 2.75) is 58.1 Å². The average molecular weight is 502 g/mol.